The molecule has 0 spiro atoms. The second-order valence-electron chi connectivity index (χ2n) is 8.31. The standard InChI is InChI=1S/C25H26F3N5O2S/c1-29-22-12-17(4-8-20(22)31-15-34)16-2-6-19(7-3-16)36-33-11-10-21(23(35)14-33)32-24-9-5-18(13-30-24)25(26,27)28/h2-9,12-13,15,21,23,29,35H,10-11,14H2,1H3,(H,30,32)(H,31,34). The summed E-state index contributed by atoms with van der Waals surface area (Å²) in [7, 11) is 1.79. The molecule has 0 bridgehead atoms. The topological polar surface area (TPSA) is 89.5 Å². The first-order chi connectivity index (χ1) is 17.3. The minimum atomic E-state index is -4.43. The average Bonchev–Trinajstić information content (AvgIpc) is 2.86. The lowest BCUT2D eigenvalue weighted by molar-refractivity contribution is -0.137. The molecule has 2 atom stereocenters. The lowest BCUT2D eigenvalue weighted by atomic mass is 10.0. The van der Waals surface area contributed by atoms with Gasteiger partial charge >= 0.3 is 6.18 Å². The number of pyridine rings is 1. The summed E-state index contributed by atoms with van der Waals surface area (Å²) in [5.74, 6) is 0.306. The number of nitrogens with zero attached hydrogens (tertiary/aromatic N) is 2. The lowest BCUT2D eigenvalue weighted by Crippen LogP contribution is -2.47. The van der Waals surface area contributed by atoms with Crippen LogP contribution in [-0.2, 0) is 11.0 Å². The van der Waals surface area contributed by atoms with Gasteiger partial charge in [-0.15, -0.1) is 0 Å². The summed E-state index contributed by atoms with van der Waals surface area (Å²) in [5.41, 5.74) is 2.75. The van der Waals surface area contributed by atoms with Crippen molar-refractivity contribution in [1.82, 2.24) is 9.29 Å². The zero-order chi connectivity index (χ0) is 25.7. The van der Waals surface area contributed by atoms with E-state index in [1.807, 2.05) is 42.5 Å². The number of piperidine rings is 1. The molecule has 3 aromatic rings. The minimum Gasteiger partial charge on any atom is -0.390 e. The van der Waals surface area contributed by atoms with Crippen LogP contribution in [0.4, 0.5) is 30.4 Å². The number of alkyl halides is 3. The van der Waals surface area contributed by atoms with Gasteiger partial charge in [-0.3, -0.25) is 4.79 Å². The Labute approximate surface area is 211 Å². The van der Waals surface area contributed by atoms with Crippen molar-refractivity contribution < 1.29 is 23.1 Å². The van der Waals surface area contributed by atoms with Crippen LogP contribution in [0.3, 0.4) is 0 Å². The maximum absolute atomic E-state index is 12.7. The molecule has 1 amide bonds. The van der Waals surface area contributed by atoms with Crippen molar-refractivity contribution in [3.63, 3.8) is 0 Å². The Morgan fingerprint density at radius 2 is 1.83 bits per heavy atom. The summed E-state index contributed by atoms with van der Waals surface area (Å²) >= 11 is 1.55. The van der Waals surface area contributed by atoms with Crippen molar-refractivity contribution in [2.24, 2.45) is 0 Å². The largest absolute Gasteiger partial charge is 0.417 e. The van der Waals surface area contributed by atoms with Gasteiger partial charge in [-0.1, -0.05) is 18.2 Å². The quantitative estimate of drug-likeness (QED) is 0.249. The van der Waals surface area contributed by atoms with Crippen molar-refractivity contribution >= 4 is 35.6 Å². The number of carbonyl (C=O) groups is 1. The smallest absolute Gasteiger partial charge is 0.390 e. The summed E-state index contributed by atoms with van der Waals surface area (Å²) in [5, 5.41) is 19.4. The van der Waals surface area contributed by atoms with Crippen molar-refractivity contribution in [3.8, 4) is 11.1 Å². The molecule has 1 aliphatic heterocycles. The predicted molar refractivity (Wildman–Crippen MR) is 136 cm³/mol. The molecule has 2 heterocycles. The van der Waals surface area contributed by atoms with E-state index >= 15 is 0 Å². The second-order valence-corrected chi connectivity index (χ2v) is 9.48. The first kappa shape index (κ1) is 25.8. The number of rotatable bonds is 8. The summed E-state index contributed by atoms with van der Waals surface area (Å²) in [6.07, 6.45) is -3.08. The van der Waals surface area contributed by atoms with E-state index in [9.17, 15) is 23.1 Å². The van der Waals surface area contributed by atoms with Crippen molar-refractivity contribution in [3.05, 3.63) is 66.4 Å². The number of anilines is 3. The summed E-state index contributed by atoms with van der Waals surface area (Å²) in [6, 6.07) is 15.8. The molecule has 2 aromatic carbocycles. The van der Waals surface area contributed by atoms with E-state index in [-0.39, 0.29) is 6.04 Å². The van der Waals surface area contributed by atoms with Gasteiger partial charge in [0.15, 0.2) is 0 Å². The number of aromatic nitrogens is 1. The average molecular weight is 518 g/mol. The third kappa shape index (κ3) is 6.28. The fraction of sp³-hybridized carbons (Fsp3) is 0.280. The monoisotopic (exact) mass is 517 g/mol. The maximum Gasteiger partial charge on any atom is 0.417 e. The molecule has 4 rings (SSSR count). The molecule has 0 radical (unpaired) electrons. The molecule has 4 N–H and O–H groups in total. The molecule has 11 heteroatoms. The number of carbonyl (C=O) groups excluding carboxylic acids is 1. The van der Waals surface area contributed by atoms with Gasteiger partial charge in [-0.25, -0.2) is 9.29 Å². The SMILES string of the molecule is CNc1cc(-c2ccc(SN3CCC(Nc4ccc(C(F)(F)F)cn4)C(O)C3)cc2)ccc1NC=O. The van der Waals surface area contributed by atoms with Gasteiger partial charge in [0.2, 0.25) is 6.41 Å². The Balaban J connectivity index is 1.33. The molecular formula is C25H26F3N5O2S. The van der Waals surface area contributed by atoms with Gasteiger partial charge in [0.1, 0.15) is 5.82 Å². The van der Waals surface area contributed by atoms with E-state index in [1.54, 1.807) is 19.0 Å². The Hall–Kier alpha value is -3.28. The van der Waals surface area contributed by atoms with Crippen LogP contribution in [0.15, 0.2) is 65.7 Å². The van der Waals surface area contributed by atoms with Crippen LogP contribution in [-0.4, -0.2) is 53.1 Å². The highest BCUT2D eigenvalue weighted by atomic mass is 32.2. The summed E-state index contributed by atoms with van der Waals surface area (Å²) < 4.78 is 40.2. The van der Waals surface area contributed by atoms with E-state index in [1.165, 1.54) is 6.07 Å². The first-order valence-corrected chi connectivity index (χ1v) is 12.1. The fourth-order valence-electron chi connectivity index (χ4n) is 3.97. The molecule has 2 unspecified atom stereocenters. The second kappa shape index (κ2) is 11.2. The van der Waals surface area contributed by atoms with E-state index in [0.29, 0.717) is 37.4 Å². The van der Waals surface area contributed by atoms with Crippen molar-refractivity contribution in [2.45, 2.75) is 29.6 Å². The first-order valence-electron chi connectivity index (χ1n) is 11.3. The molecule has 1 fully saturated rings. The number of aliphatic hydroxyl groups excluding tert-OH is 1. The zero-order valence-corrected chi connectivity index (χ0v) is 20.2. The minimum absolute atomic E-state index is 0.300. The fourth-order valence-corrected chi connectivity index (χ4v) is 4.95. The van der Waals surface area contributed by atoms with Crippen LogP contribution in [0.1, 0.15) is 12.0 Å². The molecule has 7 nitrogen and oxygen atoms in total. The molecule has 1 aromatic heterocycles. The Kier molecular flexibility index (Phi) is 8.02. The number of β-amino-alcohol motifs (C(OH)–C–C–N with tert-alkyl or cyclic N) is 1. The lowest BCUT2D eigenvalue weighted by Gasteiger charge is -2.35. The number of amides is 1. The van der Waals surface area contributed by atoms with Gasteiger partial charge in [-0.05, 0) is 65.9 Å². The highest BCUT2D eigenvalue weighted by Crippen LogP contribution is 2.33. The molecule has 0 aliphatic carbocycles. The number of hydrogen-bond acceptors (Lipinski definition) is 7. The number of hydrogen-bond donors (Lipinski definition) is 4. The Morgan fingerprint density at radius 3 is 2.44 bits per heavy atom. The molecule has 1 saturated heterocycles. The number of halogens is 3. The van der Waals surface area contributed by atoms with Gasteiger partial charge < -0.3 is 21.1 Å². The molecule has 36 heavy (non-hydrogen) atoms. The van der Waals surface area contributed by atoms with E-state index in [2.05, 4.69) is 25.2 Å². The van der Waals surface area contributed by atoms with Crippen LogP contribution >= 0.6 is 11.9 Å². The predicted octanol–water partition coefficient (Wildman–Crippen LogP) is 4.93. The number of nitrogens with one attached hydrogen (secondary N) is 3. The highest BCUT2D eigenvalue weighted by Gasteiger charge is 2.31. The van der Waals surface area contributed by atoms with Crippen molar-refractivity contribution in [1.29, 1.82) is 0 Å². The van der Waals surface area contributed by atoms with Gasteiger partial charge in [0, 0.05) is 31.2 Å². The zero-order valence-electron chi connectivity index (χ0n) is 19.4. The van der Waals surface area contributed by atoms with Crippen LogP contribution in [0.2, 0.25) is 0 Å². The van der Waals surface area contributed by atoms with Crippen LogP contribution in [0, 0.1) is 0 Å². The van der Waals surface area contributed by atoms with Crippen LogP contribution in [0.5, 0.6) is 0 Å². The van der Waals surface area contributed by atoms with Gasteiger partial charge in [0.25, 0.3) is 0 Å². The normalized spacial score (nSPS) is 18.5. The van der Waals surface area contributed by atoms with Crippen LogP contribution < -0.4 is 16.0 Å². The Morgan fingerprint density at radius 1 is 1.08 bits per heavy atom. The molecular weight excluding hydrogens is 491 g/mol. The summed E-state index contributed by atoms with van der Waals surface area (Å²) in [4.78, 5) is 15.6. The Bertz CT molecular complexity index is 1180. The number of aliphatic hydroxyl groups is 1. The molecule has 190 valence electrons. The van der Waals surface area contributed by atoms with E-state index < -0.39 is 17.8 Å². The number of benzene rings is 2. The third-order valence-electron chi connectivity index (χ3n) is 5.89. The van der Waals surface area contributed by atoms with Gasteiger partial charge in [-0.2, -0.15) is 13.2 Å². The maximum atomic E-state index is 12.7. The van der Waals surface area contributed by atoms with Gasteiger partial charge in [0.05, 0.1) is 29.1 Å². The van der Waals surface area contributed by atoms with Crippen molar-refractivity contribution in [2.75, 3.05) is 36.1 Å². The van der Waals surface area contributed by atoms with E-state index in [4.69, 9.17) is 0 Å². The van der Waals surface area contributed by atoms with E-state index in [0.717, 1.165) is 34.0 Å². The van der Waals surface area contributed by atoms with Crippen LogP contribution in [0.25, 0.3) is 11.1 Å². The summed E-state index contributed by atoms with van der Waals surface area (Å²) in [6.45, 7) is 1.10. The third-order valence-corrected chi connectivity index (χ3v) is 6.97. The molecule has 0 saturated carbocycles. The highest BCUT2D eigenvalue weighted by molar-refractivity contribution is 7.97. The molecule has 1 aliphatic rings.